The van der Waals surface area contributed by atoms with Gasteiger partial charge in [-0.15, -0.1) is 0 Å². The maximum Gasteiger partial charge on any atom is 0.355 e. The number of oxime groups is 1. The fourth-order valence-corrected chi connectivity index (χ4v) is 7.58. The number of fused-ring (bicyclic) bond motifs is 8. The number of hydrogen-bond donors (Lipinski definition) is 0. The molecule has 0 unspecified atom stereocenters. The first kappa shape index (κ1) is 34.7. The molecule has 1 atom stereocenters. The van der Waals surface area contributed by atoms with Gasteiger partial charge in [-0.05, 0) is 50.1 Å². The van der Waals surface area contributed by atoms with E-state index in [4.69, 9.17) is 19.3 Å². The number of non-ortho nitro benzene ring substituents is 2. The highest BCUT2D eigenvalue weighted by molar-refractivity contribution is 6.26. The van der Waals surface area contributed by atoms with Crippen LogP contribution >= 0.6 is 0 Å². The van der Waals surface area contributed by atoms with E-state index >= 15 is 0 Å². The molecule has 18 heteroatoms. The molecule has 0 bridgehead atoms. The SMILES string of the molecule is CC[C@@]1(OC(=O)CO/N=C2\c3cc([N+](=O)[O-])cc(C)c3-c3c2cc([N+](=O)[O-])cc3[N+](=O)[O-])C(=O)OCc2c1cc1n(c2=O)Cc2cc3cc(C)ccc3nc2-1. The molecule has 3 aromatic carbocycles. The summed E-state index contributed by atoms with van der Waals surface area (Å²) in [4.78, 5) is 84.3. The molecule has 2 aromatic heterocycles. The summed E-state index contributed by atoms with van der Waals surface area (Å²) in [5.74, 6) is -2.05. The van der Waals surface area contributed by atoms with E-state index in [9.17, 15) is 44.7 Å². The Morgan fingerprint density at radius 3 is 2.35 bits per heavy atom. The number of benzene rings is 3. The van der Waals surface area contributed by atoms with Crippen molar-refractivity contribution in [3.8, 4) is 22.5 Å². The van der Waals surface area contributed by atoms with Crippen LogP contribution in [0.2, 0.25) is 0 Å². The van der Waals surface area contributed by atoms with E-state index in [1.807, 2.05) is 31.2 Å². The van der Waals surface area contributed by atoms with Gasteiger partial charge in [0.25, 0.3) is 22.6 Å². The Kier molecular flexibility index (Phi) is 7.80. The number of nitrogens with zero attached hydrogens (tertiary/aromatic N) is 6. The lowest BCUT2D eigenvalue weighted by molar-refractivity contribution is -0.393. The lowest BCUT2D eigenvalue weighted by atomic mass is 9.85. The molecule has 2 aliphatic heterocycles. The molecule has 0 fully saturated rings. The van der Waals surface area contributed by atoms with Gasteiger partial charge in [0, 0.05) is 51.4 Å². The molecule has 5 aromatic rings. The molecule has 0 saturated carbocycles. The average Bonchev–Trinajstić information content (AvgIpc) is 3.66. The van der Waals surface area contributed by atoms with Crippen LogP contribution in [-0.2, 0) is 42.7 Å². The molecule has 3 aliphatic rings. The smallest absolute Gasteiger partial charge is 0.355 e. The number of hydrogen-bond acceptors (Lipinski definition) is 14. The van der Waals surface area contributed by atoms with Crippen molar-refractivity contribution in [2.45, 2.75) is 45.9 Å². The van der Waals surface area contributed by atoms with Crippen LogP contribution in [0, 0.1) is 44.2 Å². The fourth-order valence-electron chi connectivity index (χ4n) is 7.58. The predicted octanol–water partition coefficient (Wildman–Crippen LogP) is 5.42. The molecule has 8 rings (SSSR count). The van der Waals surface area contributed by atoms with Crippen LogP contribution in [0.5, 0.6) is 0 Å². The minimum Gasteiger partial charge on any atom is -0.457 e. The zero-order valence-corrected chi connectivity index (χ0v) is 29.1. The van der Waals surface area contributed by atoms with E-state index in [-0.39, 0.29) is 64.2 Å². The van der Waals surface area contributed by atoms with E-state index in [0.29, 0.717) is 16.9 Å². The number of aromatic nitrogens is 2. The van der Waals surface area contributed by atoms with Crippen molar-refractivity contribution >= 4 is 45.6 Å². The summed E-state index contributed by atoms with van der Waals surface area (Å²) in [6.45, 7) is 3.93. The first-order valence-electron chi connectivity index (χ1n) is 16.8. The zero-order chi connectivity index (χ0) is 39.1. The maximum atomic E-state index is 13.9. The molecule has 0 amide bonds. The van der Waals surface area contributed by atoms with Gasteiger partial charge in [-0.1, -0.05) is 23.7 Å². The van der Waals surface area contributed by atoms with Crippen LogP contribution in [-0.4, -0.2) is 48.6 Å². The summed E-state index contributed by atoms with van der Waals surface area (Å²) in [6, 6.07) is 13.4. The lowest BCUT2D eigenvalue weighted by Gasteiger charge is -2.35. The Hall–Kier alpha value is -7.37. The Morgan fingerprint density at radius 1 is 0.945 bits per heavy atom. The van der Waals surface area contributed by atoms with Gasteiger partial charge in [0.05, 0.1) is 55.4 Å². The van der Waals surface area contributed by atoms with Crippen molar-refractivity contribution in [3.05, 3.63) is 134 Å². The van der Waals surface area contributed by atoms with Gasteiger partial charge in [-0.3, -0.25) is 35.1 Å². The highest BCUT2D eigenvalue weighted by atomic mass is 16.7. The average molecular weight is 747 g/mol. The molecule has 0 saturated heterocycles. The molecule has 276 valence electrons. The van der Waals surface area contributed by atoms with Crippen LogP contribution in [0.15, 0.2) is 64.5 Å². The number of carbonyl (C=O) groups excluding carboxylic acids is 2. The number of nitro benzene ring substituents is 3. The summed E-state index contributed by atoms with van der Waals surface area (Å²) < 4.78 is 12.7. The van der Waals surface area contributed by atoms with Crippen molar-refractivity contribution in [1.82, 2.24) is 9.55 Å². The number of rotatable bonds is 8. The summed E-state index contributed by atoms with van der Waals surface area (Å²) in [7, 11) is 0. The molecule has 0 spiro atoms. The summed E-state index contributed by atoms with van der Waals surface area (Å²) in [5.41, 5.74) is -0.494. The second-order valence-corrected chi connectivity index (χ2v) is 13.3. The van der Waals surface area contributed by atoms with Gasteiger partial charge in [-0.2, -0.15) is 0 Å². The standard InChI is InChI=1S/C37H26N6O12/c1-4-37(26-13-29-33-20(9-19-7-17(2)5-6-27(19)38-33)14-40(29)35(45)25(26)15-53-36(37)46)55-30(44)16-54-39-34-23-10-21(41(47)48)8-18(3)31(23)32-24(34)11-22(42(49)50)12-28(32)43(51)52/h5-13H,4,14-16H2,1-3H3/b39-34+/t37-/m0/s1. The molecular weight excluding hydrogens is 720 g/mol. The van der Waals surface area contributed by atoms with Gasteiger partial charge in [0.15, 0.2) is 0 Å². The van der Waals surface area contributed by atoms with Gasteiger partial charge < -0.3 is 18.9 Å². The second-order valence-electron chi connectivity index (χ2n) is 13.3. The minimum absolute atomic E-state index is 0.000358. The normalized spacial score (nSPS) is 16.8. The minimum atomic E-state index is -2.07. The van der Waals surface area contributed by atoms with E-state index in [1.165, 1.54) is 17.6 Å². The molecule has 18 nitrogen and oxygen atoms in total. The third-order valence-electron chi connectivity index (χ3n) is 10.1. The first-order valence-corrected chi connectivity index (χ1v) is 16.8. The molecular formula is C37H26N6O12. The van der Waals surface area contributed by atoms with E-state index in [1.54, 1.807) is 13.0 Å². The van der Waals surface area contributed by atoms with Crippen molar-refractivity contribution in [1.29, 1.82) is 0 Å². The van der Waals surface area contributed by atoms with Crippen LogP contribution in [0.4, 0.5) is 17.1 Å². The van der Waals surface area contributed by atoms with E-state index < -0.39 is 61.5 Å². The fraction of sp³-hybridized carbons (Fsp3) is 0.216. The van der Waals surface area contributed by atoms with Crippen molar-refractivity contribution < 1.29 is 38.7 Å². The number of carbonyl (C=O) groups is 2. The van der Waals surface area contributed by atoms with E-state index in [0.717, 1.165) is 34.7 Å². The monoisotopic (exact) mass is 746 g/mol. The number of aryl methyl sites for hydroxylation is 2. The zero-order valence-electron chi connectivity index (χ0n) is 29.1. The number of nitro groups is 3. The first-order chi connectivity index (χ1) is 26.2. The van der Waals surface area contributed by atoms with Crippen LogP contribution in [0.3, 0.4) is 0 Å². The predicted molar refractivity (Wildman–Crippen MR) is 191 cm³/mol. The van der Waals surface area contributed by atoms with Crippen LogP contribution < -0.4 is 5.56 Å². The van der Waals surface area contributed by atoms with Gasteiger partial charge >= 0.3 is 11.9 Å². The topological polar surface area (TPSA) is 238 Å². The number of cyclic esters (lactones) is 1. The molecule has 1 aliphatic carbocycles. The Morgan fingerprint density at radius 2 is 1.65 bits per heavy atom. The Bertz CT molecular complexity index is 2740. The molecule has 55 heavy (non-hydrogen) atoms. The quantitative estimate of drug-likeness (QED) is 0.107. The molecule has 0 N–H and O–H groups in total. The molecule has 4 heterocycles. The Balaban J connectivity index is 1.15. The Labute approximate surface area is 308 Å². The van der Waals surface area contributed by atoms with E-state index in [2.05, 4.69) is 5.16 Å². The highest BCUT2D eigenvalue weighted by Gasteiger charge is 2.50. The van der Waals surface area contributed by atoms with Gasteiger partial charge in [0.1, 0.15) is 12.3 Å². The number of esters is 2. The number of ether oxygens (including phenoxy) is 2. The summed E-state index contributed by atoms with van der Waals surface area (Å²) in [6.07, 6.45) is -0.143. The molecule has 0 radical (unpaired) electrons. The summed E-state index contributed by atoms with van der Waals surface area (Å²) in [5, 5.41) is 40.4. The van der Waals surface area contributed by atoms with Crippen LogP contribution in [0.1, 0.15) is 52.3 Å². The van der Waals surface area contributed by atoms with Crippen LogP contribution in [0.25, 0.3) is 33.4 Å². The maximum absolute atomic E-state index is 13.9. The summed E-state index contributed by atoms with van der Waals surface area (Å²) >= 11 is 0. The third-order valence-corrected chi connectivity index (χ3v) is 10.1. The largest absolute Gasteiger partial charge is 0.457 e. The van der Waals surface area contributed by atoms with Gasteiger partial charge in [0.2, 0.25) is 12.2 Å². The van der Waals surface area contributed by atoms with Gasteiger partial charge in [-0.25, -0.2) is 14.6 Å². The van der Waals surface area contributed by atoms with Crippen molar-refractivity contribution in [2.24, 2.45) is 5.16 Å². The highest BCUT2D eigenvalue weighted by Crippen LogP contribution is 2.48. The second kappa shape index (κ2) is 12.4. The van der Waals surface area contributed by atoms with Crippen molar-refractivity contribution in [3.63, 3.8) is 0 Å². The number of pyridine rings is 2. The third kappa shape index (κ3) is 5.28. The lowest BCUT2D eigenvalue weighted by Crippen LogP contribution is -2.48. The van der Waals surface area contributed by atoms with Crippen molar-refractivity contribution in [2.75, 3.05) is 6.61 Å².